The number of aliphatic hydroxyl groups is 1. The molecule has 0 saturated carbocycles. The summed E-state index contributed by atoms with van der Waals surface area (Å²) in [6.07, 6.45) is 41.7. The molecule has 0 aromatic heterocycles. The largest absolute Gasteiger partial charge is 0.472 e. The molecule has 0 rings (SSSR count). The maximum absolute atomic E-state index is 13.0. The molecule has 0 radical (unpaired) electrons. The van der Waals surface area contributed by atoms with E-state index >= 15 is 0 Å². The SMILES string of the molecule is CCCCCCCCCC(=O)OC[C@H](COP(=O)(O)OC[C@H](O)COP(=O)(O)OC[C@@H](COC(=O)CCCCCCCCCCCCC(C)C)OC(=O)CCCCCCCCCCCCC(C)CC)OC(=O)CCCCCCCCCCCCC(C)C. The first-order chi connectivity index (χ1) is 41.8. The Hall–Kier alpha value is -1.94. The van der Waals surface area contributed by atoms with Crippen LogP contribution in [0, 0.1) is 17.8 Å². The number of hydrogen-bond acceptors (Lipinski definition) is 15. The minimum Gasteiger partial charge on any atom is -0.462 e. The lowest BCUT2D eigenvalue weighted by Crippen LogP contribution is -2.30. The van der Waals surface area contributed by atoms with E-state index in [2.05, 4.69) is 48.5 Å². The standard InChI is InChI=1S/C68H132O17P2/c1-8-10-11-12-25-35-42-49-65(70)78-55-63(84-67(72)51-44-37-30-23-17-14-20-27-33-40-47-60(5)6)57-82-86(74,75)80-53-62(69)54-81-87(76,77)83-58-64(56-79-66(71)50-43-36-29-22-16-13-19-26-32-39-46-59(3)4)85-68(73)52-45-38-31-24-18-15-21-28-34-41-48-61(7)9-2/h59-64,69H,8-58H2,1-7H3,(H,74,75)(H,76,77)/t61?,62-,63+,64+/m0/s1. The van der Waals surface area contributed by atoms with Crippen LogP contribution in [-0.2, 0) is 65.4 Å². The van der Waals surface area contributed by atoms with Crippen molar-refractivity contribution in [1.82, 2.24) is 0 Å². The first kappa shape index (κ1) is 85.1. The fourth-order valence-corrected chi connectivity index (χ4v) is 11.7. The molecule has 0 heterocycles. The highest BCUT2D eigenvalue weighted by Crippen LogP contribution is 2.45. The van der Waals surface area contributed by atoms with Gasteiger partial charge in [-0.25, -0.2) is 9.13 Å². The molecule has 516 valence electrons. The number of phosphoric ester groups is 2. The summed E-state index contributed by atoms with van der Waals surface area (Å²) in [6, 6.07) is 0. The lowest BCUT2D eigenvalue weighted by atomic mass is 9.99. The van der Waals surface area contributed by atoms with E-state index in [4.69, 9.17) is 37.0 Å². The molecule has 0 amide bonds. The third-order valence-electron chi connectivity index (χ3n) is 16.0. The number of phosphoric acid groups is 2. The molecule has 0 saturated heterocycles. The molecule has 3 unspecified atom stereocenters. The van der Waals surface area contributed by atoms with E-state index in [1.54, 1.807) is 0 Å². The van der Waals surface area contributed by atoms with E-state index in [0.717, 1.165) is 120 Å². The maximum atomic E-state index is 13.0. The molecule has 0 aliphatic heterocycles. The van der Waals surface area contributed by atoms with Gasteiger partial charge in [0.15, 0.2) is 12.2 Å². The monoisotopic (exact) mass is 1280 g/mol. The first-order valence-electron chi connectivity index (χ1n) is 35.4. The Morgan fingerprint density at radius 1 is 0.333 bits per heavy atom. The summed E-state index contributed by atoms with van der Waals surface area (Å²) >= 11 is 0. The van der Waals surface area contributed by atoms with Crippen molar-refractivity contribution in [3.63, 3.8) is 0 Å². The van der Waals surface area contributed by atoms with Gasteiger partial charge in [-0.15, -0.1) is 0 Å². The molecule has 87 heavy (non-hydrogen) atoms. The number of hydrogen-bond donors (Lipinski definition) is 3. The Bertz CT molecular complexity index is 1720. The second kappa shape index (κ2) is 59.1. The van der Waals surface area contributed by atoms with Crippen LogP contribution in [0.15, 0.2) is 0 Å². The second-order valence-corrected chi connectivity index (χ2v) is 28.7. The Kier molecular flexibility index (Phi) is 57.8. The van der Waals surface area contributed by atoms with Crippen LogP contribution in [0.25, 0.3) is 0 Å². The van der Waals surface area contributed by atoms with Crippen molar-refractivity contribution in [2.75, 3.05) is 39.6 Å². The topological polar surface area (TPSA) is 237 Å². The number of carbonyl (C=O) groups is 4. The van der Waals surface area contributed by atoms with Gasteiger partial charge in [0.2, 0.25) is 0 Å². The molecule has 3 N–H and O–H groups in total. The zero-order chi connectivity index (χ0) is 64.5. The molecule has 0 spiro atoms. The fourth-order valence-electron chi connectivity index (χ4n) is 10.2. The molecule has 17 nitrogen and oxygen atoms in total. The molecule has 0 aromatic rings. The average molecular weight is 1280 g/mol. The van der Waals surface area contributed by atoms with Gasteiger partial charge in [0.1, 0.15) is 19.3 Å². The summed E-state index contributed by atoms with van der Waals surface area (Å²) in [6.45, 7) is 11.8. The highest BCUT2D eigenvalue weighted by atomic mass is 31.2. The average Bonchev–Trinajstić information content (AvgIpc) is 3.54. The van der Waals surface area contributed by atoms with E-state index in [1.807, 2.05) is 0 Å². The summed E-state index contributed by atoms with van der Waals surface area (Å²) in [5.74, 6) is 0.181. The van der Waals surface area contributed by atoms with Gasteiger partial charge in [-0.3, -0.25) is 37.3 Å². The van der Waals surface area contributed by atoms with E-state index in [0.29, 0.717) is 25.7 Å². The minimum absolute atomic E-state index is 0.105. The predicted molar refractivity (Wildman–Crippen MR) is 349 cm³/mol. The minimum atomic E-state index is -4.95. The van der Waals surface area contributed by atoms with Gasteiger partial charge < -0.3 is 33.8 Å². The smallest absolute Gasteiger partial charge is 0.462 e. The van der Waals surface area contributed by atoms with Crippen LogP contribution in [0.3, 0.4) is 0 Å². The van der Waals surface area contributed by atoms with Gasteiger partial charge in [0, 0.05) is 25.7 Å². The number of carbonyl (C=O) groups excluding carboxylic acids is 4. The first-order valence-corrected chi connectivity index (χ1v) is 38.4. The third kappa shape index (κ3) is 61.3. The molecular weight excluding hydrogens is 1150 g/mol. The summed E-state index contributed by atoms with van der Waals surface area (Å²) in [4.78, 5) is 72.3. The number of esters is 4. The van der Waals surface area contributed by atoms with Crippen molar-refractivity contribution in [3.05, 3.63) is 0 Å². The highest BCUT2D eigenvalue weighted by Gasteiger charge is 2.30. The van der Waals surface area contributed by atoms with Gasteiger partial charge in [0.05, 0.1) is 26.4 Å². The Morgan fingerprint density at radius 3 is 0.874 bits per heavy atom. The van der Waals surface area contributed by atoms with Gasteiger partial charge in [-0.05, 0) is 43.4 Å². The molecule has 6 atom stereocenters. The summed E-state index contributed by atoms with van der Waals surface area (Å²) in [5, 5.41) is 10.6. The van der Waals surface area contributed by atoms with Crippen molar-refractivity contribution < 1.29 is 80.2 Å². The quantitative estimate of drug-likeness (QED) is 0.0222. The zero-order valence-corrected chi connectivity index (χ0v) is 58.3. The summed E-state index contributed by atoms with van der Waals surface area (Å²) in [7, 11) is -9.89. The lowest BCUT2D eigenvalue weighted by molar-refractivity contribution is -0.161. The second-order valence-electron chi connectivity index (χ2n) is 25.8. The van der Waals surface area contributed by atoms with Crippen molar-refractivity contribution in [2.24, 2.45) is 17.8 Å². The van der Waals surface area contributed by atoms with Gasteiger partial charge in [0.25, 0.3) is 0 Å². The highest BCUT2D eigenvalue weighted by molar-refractivity contribution is 7.47. The molecule has 0 bridgehead atoms. The van der Waals surface area contributed by atoms with Gasteiger partial charge in [-0.1, -0.05) is 286 Å². The fraction of sp³-hybridized carbons (Fsp3) is 0.941. The summed E-state index contributed by atoms with van der Waals surface area (Å²) < 4.78 is 68.1. The van der Waals surface area contributed by atoms with Crippen molar-refractivity contribution in [3.8, 4) is 0 Å². The number of aliphatic hydroxyl groups excluding tert-OH is 1. The number of ether oxygens (including phenoxy) is 4. The Labute approximate surface area is 530 Å². The molecule has 0 aliphatic rings. The predicted octanol–water partition coefficient (Wildman–Crippen LogP) is 19.1. The van der Waals surface area contributed by atoms with Crippen LogP contribution in [-0.4, -0.2) is 96.7 Å². The van der Waals surface area contributed by atoms with Crippen molar-refractivity contribution in [2.45, 2.75) is 356 Å². The van der Waals surface area contributed by atoms with Gasteiger partial charge in [-0.2, -0.15) is 0 Å². The molecule has 0 fully saturated rings. The van der Waals surface area contributed by atoms with Crippen LogP contribution in [0.5, 0.6) is 0 Å². The van der Waals surface area contributed by atoms with Crippen molar-refractivity contribution >= 4 is 39.5 Å². The molecule has 0 aliphatic carbocycles. The van der Waals surface area contributed by atoms with E-state index in [9.17, 15) is 43.2 Å². The van der Waals surface area contributed by atoms with Crippen LogP contribution in [0.1, 0.15) is 337 Å². The maximum Gasteiger partial charge on any atom is 0.472 e. The molecule has 19 heteroatoms. The zero-order valence-electron chi connectivity index (χ0n) is 56.5. The van der Waals surface area contributed by atoms with E-state index in [-0.39, 0.29) is 25.7 Å². The van der Waals surface area contributed by atoms with Crippen LogP contribution >= 0.6 is 15.6 Å². The Morgan fingerprint density at radius 2 is 0.586 bits per heavy atom. The van der Waals surface area contributed by atoms with Gasteiger partial charge >= 0.3 is 39.5 Å². The lowest BCUT2D eigenvalue weighted by Gasteiger charge is -2.21. The third-order valence-corrected chi connectivity index (χ3v) is 17.9. The van der Waals surface area contributed by atoms with E-state index < -0.39 is 97.5 Å². The Balaban J connectivity index is 5.23. The number of rotatable bonds is 66. The van der Waals surface area contributed by atoms with Crippen molar-refractivity contribution in [1.29, 1.82) is 0 Å². The normalized spacial score (nSPS) is 14.6. The van der Waals surface area contributed by atoms with Crippen LogP contribution in [0.2, 0.25) is 0 Å². The number of unbranched alkanes of at least 4 members (excludes halogenated alkanes) is 33. The molecular formula is C68H132O17P2. The molecule has 0 aromatic carbocycles. The van der Waals surface area contributed by atoms with E-state index in [1.165, 1.54) is 135 Å². The van der Waals surface area contributed by atoms with Crippen LogP contribution in [0.4, 0.5) is 0 Å². The van der Waals surface area contributed by atoms with Crippen LogP contribution < -0.4 is 0 Å². The summed E-state index contributed by atoms with van der Waals surface area (Å²) in [5.41, 5.74) is 0.